The van der Waals surface area contributed by atoms with Crippen LogP contribution in [0.4, 0.5) is 14.7 Å². The van der Waals surface area contributed by atoms with Gasteiger partial charge in [0.15, 0.2) is 23.0 Å². The maximum Gasteiger partial charge on any atom is 0.586 e. The van der Waals surface area contributed by atoms with E-state index in [0.29, 0.717) is 34.9 Å². The van der Waals surface area contributed by atoms with Gasteiger partial charge in [0.2, 0.25) is 5.95 Å². The maximum absolute atomic E-state index is 13.9. The summed E-state index contributed by atoms with van der Waals surface area (Å²) in [6, 6.07) is 10.2. The highest BCUT2D eigenvalue weighted by atomic mass is 19.3. The fourth-order valence-corrected chi connectivity index (χ4v) is 4.01. The first kappa shape index (κ1) is 21.8. The summed E-state index contributed by atoms with van der Waals surface area (Å²) in [5.41, 5.74) is 1.39. The van der Waals surface area contributed by atoms with E-state index in [0.717, 1.165) is 5.56 Å². The van der Waals surface area contributed by atoms with Gasteiger partial charge in [-0.25, -0.2) is 9.97 Å². The fraction of sp³-hybridized carbons (Fsp3) is 0.217. The SMILES string of the molecule is COc1ccc(CNc2nc3c4c(ccc3c3nc(Cn5cccn5)nn23)OC(F)(F)O4)c(OC)c1. The number of fused-ring (bicyclic) bond motifs is 5. The largest absolute Gasteiger partial charge is 0.586 e. The van der Waals surface area contributed by atoms with Crippen LogP contribution in [0.25, 0.3) is 16.6 Å². The molecule has 0 saturated heterocycles. The third kappa shape index (κ3) is 3.74. The third-order valence-corrected chi connectivity index (χ3v) is 5.65. The molecular weight excluding hydrogens is 476 g/mol. The van der Waals surface area contributed by atoms with E-state index >= 15 is 0 Å². The molecule has 11 nitrogen and oxygen atoms in total. The molecule has 0 aliphatic carbocycles. The van der Waals surface area contributed by atoms with Gasteiger partial charge in [-0.1, -0.05) is 0 Å². The number of ether oxygens (including phenoxy) is 4. The van der Waals surface area contributed by atoms with Gasteiger partial charge in [-0.2, -0.15) is 9.61 Å². The molecule has 36 heavy (non-hydrogen) atoms. The number of anilines is 1. The van der Waals surface area contributed by atoms with E-state index in [1.54, 1.807) is 55.6 Å². The lowest BCUT2D eigenvalue weighted by molar-refractivity contribution is -0.286. The van der Waals surface area contributed by atoms with Crippen molar-refractivity contribution >= 4 is 22.5 Å². The Morgan fingerprint density at radius 3 is 2.75 bits per heavy atom. The van der Waals surface area contributed by atoms with E-state index in [9.17, 15) is 8.78 Å². The molecule has 2 aromatic carbocycles. The van der Waals surface area contributed by atoms with Crippen LogP contribution in [0.3, 0.4) is 0 Å². The molecule has 0 fully saturated rings. The topological polar surface area (TPSA) is 110 Å². The highest BCUT2D eigenvalue weighted by Crippen LogP contribution is 2.45. The van der Waals surface area contributed by atoms with E-state index in [2.05, 4.69) is 30.2 Å². The minimum Gasteiger partial charge on any atom is -0.497 e. The van der Waals surface area contributed by atoms with E-state index in [-0.39, 0.29) is 29.5 Å². The van der Waals surface area contributed by atoms with Gasteiger partial charge in [-0.05, 0) is 30.3 Å². The van der Waals surface area contributed by atoms with Gasteiger partial charge < -0.3 is 24.3 Å². The van der Waals surface area contributed by atoms with E-state index in [4.69, 9.17) is 14.2 Å². The average molecular weight is 495 g/mol. The summed E-state index contributed by atoms with van der Waals surface area (Å²) in [6.07, 6.45) is -0.340. The normalized spacial score (nSPS) is 13.9. The molecule has 184 valence electrons. The highest BCUT2D eigenvalue weighted by molar-refractivity contribution is 5.97. The van der Waals surface area contributed by atoms with E-state index < -0.39 is 6.29 Å². The Morgan fingerprint density at radius 1 is 1.08 bits per heavy atom. The number of aromatic nitrogens is 6. The molecule has 0 radical (unpaired) electrons. The minimum atomic E-state index is -3.78. The summed E-state index contributed by atoms with van der Waals surface area (Å²) in [5, 5.41) is 12.5. The quantitative estimate of drug-likeness (QED) is 0.363. The van der Waals surface area contributed by atoms with Gasteiger partial charge >= 0.3 is 6.29 Å². The second kappa shape index (κ2) is 8.22. The second-order valence-corrected chi connectivity index (χ2v) is 7.89. The Bertz CT molecular complexity index is 1590. The first-order chi connectivity index (χ1) is 17.4. The number of hydrogen-bond acceptors (Lipinski definition) is 9. The van der Waals surface area contributed by atoms with Gasteiger partial charge in [0.05, 0.1) is 14.2 Å². The molecule has 1 N–H and O–H groups in total. The standard InChI is InChI=1S/C23H19F2N7O4/c1-33-14-5-4-13(17(10-14)34-2)11-26-22-29-19-15(6-7-16-20(19)36-23(24,25)35-16)21-28-18(30-32(21)22)12-31-9-3-8-27-31/h3-10H,11-12H2,1-2H3,(H,26,29). The molecule has 5 aromatic rings. The van der Waals surface area contributed by atoms with Crippen LogP contribution in [-0.4, -0.2) is 49.9 Å². The first-order valence-corrected chi connectivity index (χ1v) is 10.8. The predicted octanol–water partition coefficient (Wildman–Crippen LogP) is 3.47. The number of halogens is 2. The zero-order valence-electron chi connectivity index (χ0n) is 19.1. The van der Waals surface area contributed by atoms with Crippen LogP contribution in [-0.2, 0) is 13.1 Å². The Hall–Kier alpha value is -4.68. The van der Waals surface area contributed by atoms with Crippen LogP contribution in [0.2, 0.25) is 0 Å². The molecule has 0 atom stereocenters. The number of rotatable bonds is 7. The van der Waals surface area contributed by atoms with Crippen LogP contribution in [0.15, 0.2) is 48.8 Å². The van der Waals surface area contributed by atoms with Gasteiger partial charge in [0, 0.05) is 36.0 Å². The number of hydrogen-bond donors (Lipinski definition) is 1. The van der Waals surface area contributed by atoms with Crippen LogP contribution in [0.1, 0.15) is 11.4 Å². The van der Waals surface area contributed by atoms with Crippen LogP contribution < -0.4 is 24.3 Å². The summed E-state index contributed by atoms with van der Waals surface area (Å²) < 4.78 is 51.0. The second-order valence-electron chi connectivity index (χ2n) is 7.89. The van der Waals surface area contributed by atoms with E-state index in [1.807, 2.05) is 6.07 Å². The average Bonchev–Trinajstić information content (AvgIpc) is 3.60. The van der Waals surface area contributed by atoms with Crippen molar-refractivity contribution in [3.63, 3.8) is 0 Å². The number of alkyl halides is 2. The highest BCUT2D eigenvalue weighted by Gasteiger charge is 2.45. The van der Waals surface area contributed by atoms with Crippen LogP contribution >= 0.6 is 0 Å². The summed E-state index contributed by atoms with van der Waals surface area (Å²) in [4.78, 5) is 9.21. The van der Waals surface area contributed by atoms with Gasteiger partial charge in [-0.3, -0.25) is 4.68 Å². The lowest BCUT2D eigenvalue weighted by Gasteiger charge is -2.13. The molecule has 4 heterocycles. The number of nitrogens with one attached hydrogen (secondary N) is 1. The van der Waals surface area contributed by atoms with Crippen molar-refractivity contribution in [3.8, 4) is 23.0 Å². The minimum absolute atomic E-state index is 0.108. The summed E-state index contributed by atoms with van der Waals surface area (Å²) in [7, 11) is 3.13. The van der Waals surface area contributed by atoms with Crippen molar-refractivity contribution in [3.05, 3.63) is 60.2 Å². The van der Waals surface area contributed by atoms with Crippen molar-refractivity contribution < 1.29 is 27.7 Å². The Morgan fingerprint density at radius 2 is 1.97 bits per heavy atom. The molecule has 0 spiro atoms. The number of benzene rings is 2. The Kier molecular flexibility index (Phi) is 4.98. The lowest BCUT2D eigenvalue weighted by Crippen LogP contribution is -2.26. The van der Waals surface area contributed by atoms with Crippen LogP contribution in [0.5, 0.6) is 23.0 Å². The summed E-state index contributed by atoms with van der Waals surface area (Å²) in [5.74, 6) is 1.71. The monoisotopic (exact) mass is 495 g/mol. The molecule has 13 heteroatoms. The molecule has 3 aromatic heterocycles. The molecule has 0 bridgehead atoms. The summed E-state index contributed by atoms with van der Waals surface area (Å²) in [6.45, 7) is 0.599. The van der Waals surface area contributed by atoms with Crippen molar-refractivity contribution in [1.29, 1.82) is 0 Å². The fourth-order valence-electron chi connectivity index (χ4n) is 4.01. The maximum atomic E-state index is 13.9. The van der Waals surface area contributed by atoms with E-state index in [1.165, 1.54) is 10.6 Å². The lowest BCUT2D eigenvalue weighted by atomic mass is 10.2. The summed E-state index contributed by atoms with van der Waals surface area (Å²) >= 11 is 0. The number of methoxy groups -OCH3 is 2. The Balaban J connectivity index is 1.46. The van der Waals surface area contributed by atoms with Crippen molar-refractivity contribution in [1.82, 2.24) is 29.4 Å². The molecule has 1 aliphatic heterocycles. The van der Waals surface area contributed by atoms with Gasteiger partial charge in [0.1, 0.15) is 23.6 Å². The molecule has 0 saturated carbocycles. The van der Waals surface area contributed by atoms with Crippen LogP contribution in [0, 0.1) is 0 Å². The van der Waals surface area contributed by atoms with Gasteiger partial charge in [0.25, 0.3) is 0 Å². The third-order valence-electron chi connectivity index (χ3n) is 5.65. The van der Waals surface area contributed by atoms with Crippen molar-refractivity contribution in [2.24, 2.45) is 0 Å². The molecule has 6 rings (SSSR count). The smallest absolute Gasteiger partial charge is 0.497 e. The van der Waals surface area contributed by atoms with Crippen molar-refractivity contribution in [2.75, 3.05) is 19.5 Å². The molecule has 0 unspecified atom stereocenters. The predicted molar refractivity (Wildman–Crippen MR) is 123 cm³/mol. The molecule has 0 amide bonds. The number of nitrogens with zero attached hydrogens (tertiary/aromatic N) is 6. The van der Waals surface area contributed by atoms with Crippen molar-refractivity contribution in [2.45, 2.75) is 19.4 Å². The zero-order valence-corrected chi connectivity index (χ0v) is 19.1. The zero-order chi connectivity index (χ0) is 24.9. The molecular formula is C23H19F2N7O4. The molecule has 1 aliphatic rings. The van der Waals surface area contributed by atoms with Gasteiger partial charge in [-0.15, -0.1) is 13.9 Å². The Labute approximate surface area is 202 Å². The first-order valence-electron chi connectivity index (χ1n) is 10.8.